The number of urea groups is 1. The molecule has 0 aromatic heterocycles. The summed E-state index contributed by atoms with van der Waals surface area (Å²) in [5, 5.41) is 19.9. The predicted octanol–water partition coefficient (Wildman–Crippen LogP) is 1.65. The largest absolute Gasteiger partial charge is 0.326 e. The summed E-state index contributed by atoms with van der Waals surface area (Å²) < 4.78 is 0. The number of benzene rings is 1. The van der Waals surface area contributed by atoms with Gasteiger partial charge in [-0.15, -0.1) is 0 Å². The highest BCUT2D eigenvalue weighted by Crippen LogP contribution is 2.10. The highest BCUT2D eigenvalue weighted by atomic mass is 16.2. The third-order valence-corrected chi connectivity index (χ3v) is 2.40. The first-order valence-corrected chi connectivity index (χ1v) is 5.10. The number of carbonyl (C=O) groups is 1. The van der Waals surface area contributed by atoms with Crippen molar-refractivity contribution in [3.63, 3.8) is 0 Å². The molecule has 0 bridgehead atoms. The van der Waals surface area contributed by atoms with Crippen LogP contribution >= 0.6 is 0 Å². The molecule has 5 heteroatoms. The average molecular weight is 228 g/mol. The molecule has 1 aromatic rings. The minimum absolute atomic E-state index is 0.0562. The molecule has 5 nitrogen and oxygen atoms in total. The van der Waals surface area contributed by atoms with Crippen molar-refractivity contribution in [1.29, 1.82) is 10.8 Å². The Balaban J connectivity index is 2.32. The van der Waals surface area contributed by atoms with Gasteiger partial charge in [0.1, 0.15) is 11.7 Å². The second kappa shape index (κ2) is 4.21. The number of hydrogen-bond acceptors (Lipinski definition) is 3. The van der Waals surface area contributed by atoms with Crippen LogP contribution in [0, 0.1) is 17.7 Å². The fraction of sp³-hybridized carbons (Fsp3) is 0.0833. The number of aryl methyl sites for hydroxylation is 1. The second-order valence-corrected chi connectivity index (χ2v) is 3.80. The number of amides is 2. The molecular weight excluding hydrogens is 216 g/mol. The van der Waals surface area contributed by atoms with E-state index in [1.165, 1.54) is 0 Å². The fourth-order valence-corrected chi connectivity index (χ4v) is 1.49. The molecule has 17 heavy (non-hydrogen) atoms. The lowest BCUT2D eigenvalue weighted by atomic mass is 10.1. The molecule has 0 saturated carbocycles. The van der Waals surface area contributed by atoms with E-state index >= 15 is 0 Å². The number of nitrogens with one attached hydrogen (secondary N) is 4. The summed E-state index contributed by atoms with van der Waals surface area (Å²) in [6.07, 6.45) is 1.69. The lowest BCUT2D eigenvalue weighted by Gasteiger charge is -2.18. The molecule has 1 saturated heterocycles. The maximum absolute atomic E-state index is 11.0. The number of hydrogen-bond donors (Lipinski definition) is 4. The van der Waals surface area contributed by atoms with Gasteiger partial charge in [-0.05, 0) is 18.6 Å². The van der Waals surface area contributed by atoms with E-state index in [0.29, 0.717) is 5.57 Å². The van der Waals surface area contributed by atoms with Gasteiger partial charge in [-0.2, -0.15) is 0 Å². The minimum atomic E-state index is -0.541. The van der Waals surface area contributed by atoms with E-state index in [0.717, 1.165) is 11.1 Å². The van der Waals surface area contributed by atoms with Crippen LogP contribution in [0.5, 0.6) is 0 Å². The Bertz CT molecular complexity index is 506. The van der Waals surface area contributed by atoms with Gasteiger partial charge < -0.3 is 0 Å². The lowest BCUT2D eigenvalue weighted by Crippen LogP contribution is -2.50. The Labute approximate surface area is 98.6 Å². The Morgan fingerprint density at radius 1 is 1.06 bits per heavy atom. The standard InChI is InChI=1S/C12H12N4O/c1-7-2-4-8(5-3-7)6-9-10(13)15-12(17)16-11(9)14/h2-6H,1H3,(H4,13,14,15,16,17). The molecule has 2 amide bonds. The van der Waals surface area contributed by atoms with Crippen LogP contribution < -0.4 is 10.6 Å². The van der Waals surface area contributed by atoms with Gasteiger partial charge in [0.2, 0.25) is 0 Å². The van der Waals surface area contributed by atoms with Crippen molar-refractivity contribution in [1.82, 2.24) is 10.6 Å². The van der Waals surface area contributed by atoms with E-state index < -0.39 is 6.03 Å². The number of carbonyl (C=O) groups excluding carboxylic acids is 1. The Morgan fingerprint density at radius 3 is 2.12 bits per heavy atom. The van der Waals surface area contributed by atoms with Crippen molar-refractivity contribution >= 4 is 23.8 Å². The van der Waals surface area contributed by atoms with Crippen LogP contribution in [0.25, 0.3) is 6.08 Å². The lowest BCUT2D eigenvalue weighted by molar-refractivity contribution is 0.249. The summed E-state index contributed by atoms with van der Waals surface area (Å²) in [6.45, 7) is 1.99. The molecule has 1 heterocycles. The summed E-state index contributed by atoms with van der Waals surface area (Å²) in [5.74, 6) is -0.112. The summed E-state index contributed by atoms with van der Waals surface area (Å²) in [6, 6.07) is 7.17. The summed E-state index contributed by atoms with van der Waals surface area (Å²) in [5.41, 5.74) is 2.40. The molecular formula is C12H12N4O. The van der Waals surface area contributed by atoms with Crippen molar-refractivity contribution < 1.29 is 4.79 Å². The van der Waals surface area contributed by atoms with E-state index in [1.54, 1.807) is 6.08 Å². The highest BCUT2D eigenvalue weighted by molar-refractivity contribution is 6.32. The maximum Gasteiger partial charge on any atom is 0.326 e. The molecule has 0 unspecified atom stereocenters. The van der Waals surface area contributed by atoms with Crippen LogP contribution in [0.2, 0.25) is 0 Å². The summed E-state index contributed by atoms with van der Waals surface area (Å²) >= 11 is 0. The van der Waals surface area contributed by atoms with Crippen molar-refractivity contribution in [2.75, 3.05) is 0 Å². The highest BCUT2D eigenvalue weighted by Gasteiger charge is 2.21. The van der Waals surface area contributed by atoms with E-state index in [-0.39, 0.29) is 11.7 Å². The molecule has 86 valence electrons. The monoisotopic (exact) mass is 228 g/mol. The van der Waals surface area contributed by atoms with Crippen LogP contribution in [-0.4, -0.2) is 17.7 Å². The molecule has 1 aromatic carbocycles. The Kier molecular flexibility index (Phi) is 2.74. The van der Waals surface area contributed by atoms with E-state index in [4.69, 9.17) is 10.8 Å². The molecule has 0 atom stereocenters. The predicted molar refractivity (Wildman–Crippen MR) is 66.3 cm³/mol. The van der Waals surface area contributed by atoms with Gasteiger partial charge in [-0.1, -0.05) is 29.8 Å². The van der Waals surface area contributed by atoms with E-state index in [2.05, 4.69) is 10.6 Å². The fourth-order valence-electron chi connectivity index (χ4n) is 1.49. The first-order valence-electron chi connectivity index (χ1n) is 5.10. The van der Waals surface area contributed by atoms with Crippen molar-refractivity contribution in [3.05, 3.63) is 41.0 Å². The average Bonchev–Trinajstić information content (AvgIpc) is 2.26. The Hall–Kier alpha value is -2.43. The molecule has 0 radical (unpaired) electrons. The van der Waals surface area contributed by atoms with E-state index in [9.17, 15) is 4.79 Å². The molecule has 1 aliphatic heterocycles. The number of rotatable bonds is 1. The zero-order valence-corrected chi connectivity index (χ0v) is 9.29. The van der Waals surface area contributed by atoms with E-state index in [1.807, 2.05) is 31.2 Å². The quantitative estimate of drug-likeness (QED) is 0.578. The summed E-state index contributed by atoms with van der Waals surface area (Å²) in [4.78, 5) is 11.0. The van der Waals surface area contributed by atoms with Gasteiger partial charge in [0.05, 0.1) is 5.57 Å². The van der Waals surface area contributed by atoms with Gasteiger partial charge in [-0.3, -0.25) is 21.5 Å². The number of amidine groups is 2. The van der Waals surface area contributed by atoms with Gasteiger partial charge in [0.25, 0.3) is 0 Å². The van der Waals surface area contributed by atoms with Gasteiger partial charge in [0, 0.05) is 0 Å². The van der Waals surface area contributed by atoms with Crippen molar-refractivity contribution in [2.24, 2.45) is 0 Å². The maximum atomic E-state index is 11.0. The third-order valence-electron chi connectivity index (χ3n) is 2.40. The smallest absolute Gasteiger partial charge is 0.292 e. The molecule has 1 aliphatic rings. The second-order valence-electron chi connectivity index (χ2n) is 3.80. The molecule has 0 aliphatic carbocycles. The van der Waals surface area contributed by atoms with Crippen LogP contribution in [-0.2, 0) is 0 Å². The topological polar surface area (TPSA) is 88.8 Å². The Morgan fingerprint density at radius 2 is 1.59 bits per heavy atom. The SMILES string of the molecule is Cc1ccc(C=C2C(=N)NC(=O)NC2=N)cc1. The molecule has 0 spiro atoms. The van der Waals surface area contributed by atoms with Crippen LogP contribution in [0.3, 0.4) is 0 Å². The third kappa shape index (κ3) is 2.39. The molecule has 4 N–H and O–H groups in total. The van der Waals surface area contributed by atoms with Gasteiger partial charge >= 0.3 is 6.03 Å². The van der Waals surface area contributed by atoms with Gasteiger partial charge in [0.15, 0.2) is 0 Å². The zero-order chi connectivity index (χ0) is 12.4. The minimum Gasteiger partial charge on any atom is -0.292 e. The van der Waals surface area contributed by atoms with Crippen molar-refractivity contribution in [2.45, 2.75) is 6.92 Å². The summed E-state index contributed by atoms with van der Waals surface area (Å²) in [7, 11) is 0. The van der Waals surface area contributed by atoms with Crippen LogP contribution in [0.1, 0.15) is 11.1 Å². The molecule has 2 rings (SSSR count). The van der Waals surface area contributed by atoms with Crippen LogP contribution in [0.4, 0.5) is 4.79 Å². The van der Waals surface area contributed by atoms with Crippen molar-refractivity contribution in [3.8, 4) is 0 Å². The van der Waals surface area contributed by atoms with Gasteiger partial charge in [-0.25, -0.2) is 4.79 Å². The first-order chi connectivity index (χ1) is 8.06. The van der Waals surface area contributed by atoms with Crippen LogP contribution in [0.15, 0.2) is 29.8 Å². The molecule has 1 fully saturated rings. The normalized spacial score (nSPS) is 15.4. The first kappa shape index (κ1) is 11.1. The zero-order valence-electron chi connectivity index (χ0n) is 9.29.